The molecule has 0 radical (unpaired) electrons. The first-order chi connectivity index (χ1) is 10.2. The summed E-state index contributed by atoms with van der Waals surface area (Å²) in [5.74, 6) is 0. The molecule has 0 saturated carbocycles. The second-order valence-corrected chi connectivity index (χ2v) is 5.32. The summed E-state index contributed by atoms with van der Waals surface area (Å²) in [6, 6.07) is 22.2. The van der Waals surface area contributed by atoms with Crippen molar-refractivity contribution in [3.63, 3.8) is 0 Å². The van der Waals surface area contributed by atoms with Crippen molar-refractivity contribution in [1.29, 1.82) is 0 Å². The van der Waals surface area contributed by atoms with Crippen LogP contribution in [-0.2, 0) is 0 Å². The second-order valence-electron chi connectivity index (χ2n) is 4.88. The Kier molecular flexibility index (Phi) is 3.89. The Bertz CT molecular complexity index is 809. The normalized spacial score (nSPS) is 11.6. The largest absolute Gasteiger partial charge is 0.278 e. The van der Waals surface area contributed by atoms with E-state index in [9.17, 15) is 0 Å². The standard InChI is InChI=1S/C18H15ClN2/c1-13(20-21-18-8-4-7-17(19)12-18)15-10-9-14-5-2-3-6-16(14)11-15/h2-12,21H,1H3. The molecular weight excluding hydrogens is 280 g/mol. The Morgan fingerprint density at radius 2 is 1.71 bits per heavy atom. The van der Waals surface area contributed by atoms with Crippen LogP contribution < -0.4 is 5.43 Å². The second kappa shape index (κ2) is 5.98. The van der Waals surface area contributed by atoms with Crippen molar-refractivity contribution in [2.24, 2.45) is 5.10 Å². The Balaban J connectivity index is 1.85. The molecule has 0 aliphatic carbocycles. The highest BCUT2D eigenvalue weighted by Gasteiger charge is 2.00. The molecule has 0 aliphatic rings. The van der Waals surface area contributed by atoms with Gasteiger partial charge >= 0.3 is 0 Å². The molecule has 2 nitrogen and oxygen atoms in total. The van der Waals surface area contributed by atoms with E-state index in [1.54, 1.807) is 0 Å². The van der Waals surface area contributed by atoms with Crippen molar-refractivity contribution < 1.29 is 0 Å². The molecule has 0 amide bonds. The molecule has 0 aliphatic heterocycles. The number of nitrogens with zero attached hydrogens (tertiary/aromatic N) is 1. The molecule has 0 atom stereocenters. The lowest BCUT2D eigenvalue weighted by Gasteiger charge is -2.05. The topological polar surface area (TPSA) is 24.4 Å². The van der Waals surface area contributed by atoms with Gasteiger partial charge < -0.3 is 0 Å². The van der Waals surface area contributed by atoms with E-state index in [1.807, 2.05) is 43.3 Å². The van der Waals surface area contributed by atoms with Gasteiger partial charge in [0.05, 0.1) is 11.4 Å². The summed E-state index contributed by atoms with van der Waals surface area (Å²) in [5.41, 5.74) is 5.94. The lowest BCUT2D eigenvalue weighted by atomic mass is 10.0. The maximum Gasteiger partial charge on any atom is 0.0648 e. The van der Waals surface area contributed by atoms with Crippen LogP contribution in [0.4, 0.5) is 5.69 Å². The fraction of sp³-hybridized carbons (Fsp3) is 0.0556. The molecular formula is C18H15ClN2. The van der Waals surface area contributed by atoms with Gasteiger partial charge in [-0.3, -0.25) is 5.43 Å². The summed E-state index contributed by atoms with van der Waals surface area (Å²) in [5, 5.41) is 7.56. The third kappa shape index (κ3) is 3.23. The number of hydrogen-bond acceptors (Lipinski definition) is 2. The molecule has 3 heteroatoms. The predicted octanol–water partition coefficient (Wildman–Crippen LogP) is 5.33. The molecule has 3 aromatic rings. The van der Waals surface area contributed by atoms with Gasteiger partial charge in [0.2, 0.25) is 0 Å². The highest BCUT2D eigenvalue weighted by Crippen LogP contribution is 2.17. The minimum absolute atomic E-state index is 0.693. The van der Waals surface area contributed by atoms with Gasteiger partial charge in [-0.2, -0.15) is 5.10 Å². The van der Waals surface area contributed by atoms with Gasteiger partial charge in [0.25, 0.3) is 0 Å². The van der Waals surface area contributed by atoms with Crippen LogP contribution in [0.1, 0.15) is 12.5 Å². The van der Waals surface area contributed by atoms with Crippen LogP contribution in [0, 0.1) is 0 Å². The molecule has 104 valence electrons. The van der Waals surface area contributed by atoms with E-state index in [-0.39, 0.29) is 0 Å². The molecule has 0 spiro atoms. The molecule has 0 fully saturated rings. The minimum atomic E-state index is 0.693. The average molecular weight is 295 g/mol. The van der Waals surface area contributed by atoms with Crippen molar-refractivity contribution in [2.45, 2.75) is 6.92 Å². The van der Waals surface area contributed by atoms with Gasteiger partial charge in [-0.15, -0.1) is 0 Å². The number of fused-ring (bicyclic) bond motifs is 1. The quantitative estimate of drug-likeness (QED) is 0.512. The van der Waals surface area contributed by atoms with Crippen LogP contribution in [0.15, 0.2) is 71.8 Å². The number of benzene rings is 3. The molecule has 1 N–H and O–H groups in total. The van der Waals surface area contributed by atoms with Crippen molar-refractivity contribution in [2.75, 3.05) is 5.43 Å². The van der Waals surface area contributed by atoms with Crippen molar-refractivity contribution >= 4 is 33.8 Å². The van der Waals surface area contributed by atoms with E-state index in [1.165, 1.54) is 10.8 Å². The summed E-state index contributed by atoms with van der Waals surface area (Å²) in [6.07, 6.45) is 0. The Morgan fingerprint density at radius 3 is 2.52 bits per heavy atom. The Hall–Kier alpha value is -2.32. The predicted molar refractivity (Wildman–Crippen MR) is 91.2 cm³/mol. The van der Waals surface area contributed by atoms with E-state index in [2.05, 4.69) is 40.9 Å². The summed E-state index contributed by atoms with van der Waals surface area (Å²) in [7, 11) is 0. The van der Waals surface area contributed by atoms with Crippen LogP contribution in [0.2, 0.25) is 5.02 Å². The Morgan fingerprint density at radius 1 is 0.905 bits per heavy atom. The molecule has 0 unspecified atom stereocenters. The molecule has 0 aromatic heterocycles. The van der Waals surface area contributed by atoms with Gasteiger partial charge in [0.1, 0.15) is 0 Å². The lowest BCUT2D eigenvalue weighted by Crippen LogP contribution is -1.99. The van der Waals surface area contributed by atoms with Crippen LogP contribution in [0.5, 0.6) is 0 Å². The summed E-state index contributed by atoms with van der Waals surface area (Å²) < 4.78 is 0. The van der Waals surface area contributed by atoms with E-state index < -0.39 is 0 Å². The molecule has 0 bridgehead atoms. The maximum absolute atomic E-state index is 5.95. The van der Waals surface area contributed by atoms with Gasteiger partial charge in [-0.05, 0) is 47.5 Å². The van der Waals surface area contributed by atoms with Gasteiger partial charge in [-0.1, -0.05) is 54.1 Å². The summed E-state index contributed by atoms with van der Waals surface area (Å²) in [6.45, 7) is 1.99. The molecule has 3 aromatic carbocycles. The SMILES string of the molecule is CC(=NNc1cccc(Cl)c1)c1ccc2ccccc2c1. The number of nitrogens with one attached hydrogen (secondary N) is 1. The van der Waals surface area contributed by atoms with E-state index in [4.69, 9.17) is 11.6 Å². The van der Waals surface area contributed by atoms with E-state index >= 15 is 0 Å². The molecule has 0 saturated heterocycles. The Labute approximate surface area is 129 Å². The van der Waals surface area contributed by atoms with Gasteiger partial charge in [-0.25, -0.2) is 0 Å². The number of anilines is 1. The third-order valence-corrected chi connectivity index (χ3v) is 3.58. The van der Waals surface area contributed by atoms with Gasteiger partial charge in [0.15, 0.2) is 0 Å². The van der Waals surface area contributed by atoms with Crippen molar-refractivity contribution in [3.05, 3.63) is 77.3 Å². The number of hydrazone groups is 1. The first kappa shape index (κ1) is 13.7. The maximum atomic E-state index is 5.95. The lowest BCUT2D eigenvalue weighted by molar-refractivity contribution is 1.32. The molecule has 3 rings (SSSR count). The number of rotatable bonds is 3. The fourth-order valence-corrected chi connectivity index (χ4v) is 2.38. The smallest absolute Gasteiger partial charge is 0.0648 e. The van der Waals surface area contributed by atoms with Crippen LogP contribution in [0.3, 0.4) is 0 Å². The zero-order chi connectivity index (χ0) is 14.7. The monoisotopic (exact) mass is 294 g/mol. The first-order valence-electron chi connectivity index (χ1n) is 6.77. The van der Waals surface area contributed by atoms with Crippen LogP contribution >= 0.6 is 11.6 Å². The van der Waals surface area contributed by atoms with Crippen molar-refractivity contribution in [3.8, 4) is 0 Å². The van der Waals surface area contributed by atoms with Gasteiger partial charge in [0, 0.05) is 5.02 Å². The fourth-order valence-electron chi connectivity index (χ4n) is 2.19. The molecule has 0 heterocycles. The highest BCUT2D eigenvalue weighted by molar-refractivity contribution is 6.30. The van der Waals surface area contributed by atoms with Crippen molar-refractivity contribution in [1.82, 2.24) is 0 Å². The van der Waals surface area contributed by atoms with Crippen LogP contribution in [-0.4, -0.2) is 5.71 Å². The highest BCUT2D eigenvalue weighted by atomic mass is 35.5. The third-order valence-electron chi connectivity index (χ3n) is 3.34. The minimum Gasteiger partial charge on any atom is -0.278 e. The summed E-state index contributed by atoms with van der Waals surface area (Å²) in [4.78, 5) is 0. The molecule has 21 heavy (non-hydrogen) atoms. The zero-order valence-corrected chi connectivity index (χ0v) is 12.4. The number of halogens is 1. The zero-order valence-electron chi connectivity index (χ0n) is 11.7. The average Bonchev–Trinajstić information content (AvgIpc) is 2.52. The van der Waals surface area contributed by atoms with Crippen LogP contribution in [0.25, 0.3) is 10.8 Å². The van der Waals surface area contributed by atoms with E-state index in [0.29, 0.717) is 5.02 Å². The summed E-state index contributed by atoms with van der Waals surface area (Å²) >= 11 is 5.95. The number of hydrogen-bond donors (Lipinski definition) is 1. The first-order valence-corrected chi connectivity index (χ1v) is 7.15. The van der Waals surface area contributed by atoms with E-state index in [0.717, 1.165) is 17.0 Å².